The SMILES string of the molecule is COc1ccc(NC(=O)CSc2nc(N)c(NC(=O)c3ccc(Br)o3)c(=O)[nH]2)cc1. The molecule has 10 nitrogen and oxygen atoms in total. The van der Waals surface area contributed by atoms with Crippen molar-refractivity contribution in [1.29, 1.82) is 0 Å². The first-order valence-corrected chi connectivity index (χ1v) is 10.2. The second-order valence-electron chi connectivity index (χ2n) is 5.75. The van der Waals surface area contributed by atoms with Gasteiger partial charge in [0.1, 0.15) is 5.75 Å². The number of thioether (sulfide) groups is 1. The van der Waals surface area contributed by atoms with Crippen LogP contribution in [0.1, 0.15) is 10.6 Å². The summed E-state index contributed by atoms with van der Waals surface area (Å²) in [7, 11) is 1.55. The van der Waals surface area contributed by atoms with Gasteiger partial charge in [-0.05, 0) is 52.3 Å². The predicted octanol–water partition coefficient (Wildman–Crippen LogP) is 2.70. The van der Waals surface area contributed by atoms with Gasteiger partial charge < -0.3 is 25.5 Å². The molecule has 12 heteroatoms. The van der Waals surface area contributed by atoms with Gasteiger partial charge in [0.05, 0.1) is 12.9 Å². The molecule has 2 amide bonds. The van der Waals surface area contributed by atoms with Crippen LogP contribution in [0.5, 0.6) is 5.75 Å². The number of ether oxygens (including phenoxy) is 1. The minimum absolute atomic E-state index is 0.00525. The van der Waals surface area contributed by atoms with Crippen LogP contribution in [0.2, 0.25) is 0 Å². The number of H-pyrrole nitrogens is 1. The van der Waals surface area contributed by atoms with Crippen molar-refractivity contribution in [2.24, 2.45) is 0 Å². The average molecular weight is 494 g/mol. The Kier molecular flexibility index (Phi) is 6.79. The maximum Gasteiger partial charge on any atom is 0.291 e. The number of carbonyl (C=O) groups is 2. The number of furan rings is 1. The number of carbonyl (C=O) groups excluding carboxylic acids is 2. The highest BCUT2D eigenvalue weighted by molar-refractivity contribution is 9.10. The number of anilines is 3. The van der Waals surface area contributed by atoms with Crippen molar-refractivity contribution in [3.05, 3.63) is 57.2 Å². The van der Waals surface area contributed by atoms with Gasteiger partial charge in [-0.3, -0.25) is 19.4 Å². The molecule has 156 valence electrons. The number of hydrogen-bond acceptors (Lipinski definition) is 8. The molecule has 3 rings (SSSR count). The molecule has 0 spiro atoms. The topological polar surface area (TPSA) is 152 Å². The van der Waals surface area contributed by atoms with Gasteiger partial charge in [-0.1, -0.05) is 11.8 Å². The number of nitrogen functional groups attached to an aromatic ring is 1. The molecule has 0 bridgehead atoms. The van der Waals surface area contributed by atoms with Crippen molar-refractivity contribution in [1.82, 2.24) is 9.97 Å². The second kappa shape index (κ2) is 9.50. The molecule has 0 fully saturated rings. The fourth-order valence-corrected chi connectivity index (χ4v) is 3.25. The third kappa shape index (κ3) is 5.42. The van der Waals surface area contributed by atoms with Gasteiger partial charge in [-0.25, -0.2) is 4.98 Å². The Morgan fingerprint density at radius 1 is 1.23 bits per heavy atom. The summed E-state index contributed by atoms with van der Waals surface area (Å²) < 4.78 is 10.5. The lowest BCUT2D eigenvalue weighted by Crippen LogP contribution is -2.23. The van der Waals surface area contributed by atoms with E-state index in [0.717, 1.165) is 11.8 Å². The Hall–Kier alpha value is -3.25. The highest BCUT2D eigenvalue weighted by atomic mass is 79.9. The van der Waals surface area contributed by atoms with Crippen LogP contribution in [0.25, 0.3) is 0 Å². The summed E-state index contributed by atoms with van der Waals surface area (Å²) in [6.07, 6.45) is 0. The van der Waals surface area contributed by atoms with Crippen molar-refractivity contribution in [3.8, 4) is 5.75 Å². The highest BCUT2D eigenvalue weighted by Crippen LogP contribution is 2.20. The largest absolute Gasteiger partial charge is 0.497 e. The molecule has 0 aliphatic heterocycles. The van der Waals surface area contributed by atoms with Crippen LogP contribution in [-0.4, -0.2) is 34.6 Å². The molecule has 30 heavy (non-hydrogen) atoms. The fourth-order valence-electron chi connectivity index (χ4n) is 2.28. The first-order valence-electron chi connectivity index (χ1n) is 8.39. The standard InChI is InChI=1S/C18H16BrN5O5S/c1-28-10-4-2-9(3-5-10)21-13(25)8-30-18-23-15(20)14(17(27)24-18)22-16(26)11-6-7-12(19)29-11/h2-7H,8H2,1H3,(H,21,25)(H,22,26)(H3,20,23,24,27). The first kappa shape index (κ1) is 21.5. The smallest absolute Gasteiger partial charge is 0.291 e. The van der Waals surface area contributed by atoms with Gasteiger partial charge >= 0.3 is 0 Å². The maximum absolute atomic E-state index is 12.3. The summed E-state index contributed by atoms with van der Waals surface area (Å²) >= 11 is 4.08. The number of nitrogens with zero attached hydrogens (tertiary/aromatic N) is 1. The van der Waals surface area contributed by atoms with E-state index in [1.165, 1.54) is 12.1 Å². The van der Waals surface area contributed by atoms with E-state index in [4.69, 9.17) is 14.9 Å². The van der Waals surface area contributed by atoms with E-state index in [0.29, 0.717) is 16.1 Å². The molecule has 2 heterocycles. The van der Waals surface area contributed by atoms with Crippen molar-refractivity contribution in [2.45, 2.75) is 5.16 Å². The summed E-state index contributed by atoms with van der Waals surface area (Å²) in [4.78, 5) is 43.0. The van der Waals surface area contributed by atoms with Gasteiger partial charge in [0.15, 0.2) is 27.1 Å². The number of amides is 2. The Balaban J connectivity index is 1.61. The van der Waals surface area contributed by atoms with E-state index >= 15 is 0 Å². The predicted molar refractivity (Wildman–Crippen MR) is 116 cm³/mol. The van der Waals surface area contributed by atoms with Gasteiger partial charge in [-0.15, -0.1) is 0 Å². The number of benzene rings is 1. The summed E-state index contributed by atoms with van der Waals surface area (Å²) in [5, 5.41) is 5.21. The van der Waals surface area contributed by atoms with Crippen molar-refractivity contribution >= 4 is 56.7 Å². The molecule has 0 unspecified atom stereocenters. The Morgan fingerprint density at radius 2 is 1.97 bits per heavy atom. The van der Waals surface area contributed by atoms with E-state index in [9.17, 15) is 14.4 Å². The number of aromatic nitrogens is 2. The Morgan fingerprint density at radius 3 is 2.57 bits per heavy atom. The molecule has 0 radical (unpaired) electrons. The summed E-state index contributed by atoms with van der Waals surface area (Å²) in [6.45, 7) is 0. The molecule has 0 aliphatic carbocycles. The first-order chi connectivity index (χ1) is 14.4. The molecule has 0 aliphatic rings. The number of halogens is 1. The third-order valence-electron chi connectivity index (χ3n) is 3.67. The van der Waals surface area contributed by atoms with Gasteiger partial charge in [0.25, 0.3) is 11.5 Å². The molecule has 3 aromatic rings. The number of nitrogens with one attached hydrogen (secondary N) is 3. The van der Waals surface area contributed by atoms with Crippen LogP contribution in [0.4, 0.5) is 17.2 Å². The van der Waals surface area contributed by atoms with Crippen LogP contribution in [0.15, 0.2) is 55.4 Å². The number of aromatic amines is 1. The number of hydrogen-bond donors (Lipinski definition) is 4. The molecule has 5 N–H and O–H groups in total. The van der Waals surface area contributed by atoms with Crippen LogP contribution < -0.4 is 26.7 Å². The summed E-state index contributed by atoms with van der Waals surface area (Å²) in [5.41, 5.74) is 5.54. The van der Waals surface area contributed by atoms with E-state index in [2.05, 4.69) is 36.5 Å². The fraction of sp³-hybridized carbons (Fsp3) is 0.111. The summed E-state index contributed by atoms with van der Waals surface area (Å²) in [5.74, 6) is -0.483. The van der Waals surface area contributed by atoms with Crippen LogP contribution in [0.3, 0.4) is 0 Å². The monoisotopic (exact) mass is 493 g/mol. The molecule has 0 saturated heterocycles. The molecule has 0 atom stereocenters. The zero-order chi connectivity index (χ0) is 21.7. The average Bonchev–Trinajstić information content (AvgIpc) is 3.16. The van der Waals surface area contributed by atoms with Gasteiger partial charge in [0.2, 0.25) is 5.91 Å². The number of nitrogens with two attached hydrogens (primary N) is 1. The van der Waals surface area contributed by atoms with Crippen LogP contribution in [0, 0.1) is 0 Å². The van der Waals surface area contributed by atoms with Crippen molar-refractivity contribution in [2.75, 3.05) is 29.2 Å². The second-order valence-corrected chi connectivity index (χ2v) is 7.50. The zero-order valence-corrected chi connectivity index (χ0v) is 17.9. The zero-order valence-electron chi connectivity index (χ0n) is 15.5. The van der Waals surface area contributed by atoms with E-state index < -0.39 is 11.5 Å². The van der Waals surface area contributed by atoms with E-state index in [1.54, 1.807) is 31.4 Å². The number of rotatable bonds is 7. The van der Waals surface area contributed by atoms with Gasteiger partial charge in [0, 0.05) is 5.69 Å². The lowest BCUT2D eigenvalue weighted by atomic mass is 10.3. The molecule has 2 aromatic heterocycles. The lowest BCUT2D eigenvalue weighted by Gasteiger charge is -2.08. The lowest BCUT2D eigenvalue weighted by molar-refractivity contribution is -0.113. The number of methoxy groups -OCH3 is 1. The Labute approximate surface area is 182 Å². The molecular weight excluding hydrogens is 478 g/mol. The van der Waals surface area contributed by atoms with Crippen molar-refractivity contribution in [3.63, 3.8) is 0 Å². The molecular formula is C18H16BrN5O5S. The van der Waals surface area contributed by atoms with Crippen LogP contribution >= 0.6 is 27.7 Å². The van der Waals surface area contributed by atoms with Crippen molar-refractivity contribution < 1.29 is 18.7 Å². The Bertz CT molecular complexity index is 1130. The highest BCUT2D eigenvalue weighted by Gasteiger charge is 2.17. The summed E-state index contributed by atoms with van der Waals surface area (Å²) in [6, 6.07) is 9.82. The maximum atomic E-state index is 12.3. The third-order valence-corrected chi connectivity index (χ3v) is 4.97. The molecule has 1 aromatic carbocycles. The minimum atomic E-state index is -0.654. The quantitative estimate of drug-likeness (QED) is 0.289. The van der Waals surface area contributed by atoms with E-state index in [-0.39, 0.29) is 34.1 Å². The van der Waals surface area contributed by atoms with E-state index in [1.807, 2.05) is 0 Å². The van der Waals surface area contributed by atoms with Crippen LogP contribution in [-0.2, 0) is 4.79 Å². The van der Waals surface area contributed by atoms with Gasteiger partial charge in [-0.2, -0.15) is 0 Å². The normalized spacial score (nSPS) is 10.5. The molecule has 0 saturated carbocycles. The minimum Gasteiger partial charge on any atom is -0.497 e.